The van der Waals surface area contributed by atoms with Crippen LogP contribution in [0, 0.1) is 6.92 Å². The molecule has 0 radical (unpaired) electrons. The van der Waals surface area contributed by atoms with Crippen molar-refractivity contribution in [3.63, 3.8) is 0 Å². The Bertz CT molecular complexity index is 350. The van der Waals surface area contributed by atoms with Crippen LogP contribution >= 0.6 is 0 Å². The molecular formula is C12H13N. The van der Waals surface area contributed by atoms with Crippen molar-refractivity contribution in [3.05, 3.63) is 53.9 Å². The van der Waals surface area contributed by atoms with Crippen LogP contribution in [0.25, 0.3) is 0 Å². The quantitative estimate of drug-likeness (QED) is 0.633. The maximum absolute atomic E-state index is 4.20. The molecule has 0 aliphatic heterocycles. The van der Waals surface area contributed by atoms with Gasteiger partial charge >= 0.3 is 0 Å². The summed E-state index contributed by atoms with van der Waals surface area (Å²) >= 11 is 0. The summed E-state index contributed by atoms with van der Waals surface area (Å²) in [6, 6.07) is 2.21. The maximum Gasteiger partial charge on any atom is 0.0306 e. The van der Waals surface area contributed by atoms with Gasteiger partial charge in [-0.05, 0) is 24.5 Å². The second kappa shape index (κ2) is 3.56. The Kier molecular flexibility index (Phi) is 2.26. The molecule has 1 aliphatic rings. The van der Waals surface area contributed by atoms with Crippen LogP contribution in [0.5, 0.6) is 0 Å². The second-order valence-corrected chi connectivity index (χ2v) is 3.45. The van der Waals surface area contributed by atoms with Crippen LogP contribution in [0.2, 0.25) is 0 Å². The molecule has 0 amide bonds. The topological polar surface area (TPSA) is 12.9 Å². The first-order valence-electron chi connectivity index (χ1n) is 4.61. The van der Waals surface area contributed by atoms with Crippen LogP contribution in [0.3, 0.4) is 0 Å². The van der Waals surface area contributed by atoms with Gasteiger partial charge in [0, 0.05) is 18.3 Å². The average Bonchev–Trinajstić information content (AvgIpc) is 2.19. The van der Waals surface area contributed by atoms with Crippen molar-refractivity contribution in [1.82, 2.24) is 4.98 Å². The largest absolute Gasteiger partial charge is 0.264 e. The Hall–Kier alpha value is -1.37. The fourth-order valence-electron chi connectivity index (χ4n) is 1.61. The lowest BCUT2D eigenvalue weighted by Gasteiger charge is -2.12. The molecule has 1 aromatic heterocycles. The summed E-state index contributed by atoms with van der Waals surface area (Å²) in [4.78, 5) is 4.20. The van der Waals surface area contributed by atoms with Gasteiger partial charge in [-0.2, -0.15) is 0 Å². The average molecular weight is 171 g/mol. The monoisotopic (exact) mass is 171 g/mol. The van der Waals surface area contributed by atoms with E-state index in [1.807, 2.05) is 12.4 Å². The summed E-state index contributed by atoms with van der Waals surface area (Å²) in [5, 5.41) is 0. The molecule has 1 heteroatoms. The number of allylic oxidation sites excluding steroid dienone is 4. The number of pyridine rings is 1. The highest BCUT2D eigenvalue weighted by Crippen LogP contribution is 2.23. The maximum atomic E-state index is 4.20. The highest BCUT2D eigenvalue weighted by molar-refractivity contribution is 5.28. The standard InChI is InChI=1S/C12H13N/c1-10-7-12(9-13-8-10)11-5-3-2-4-6-11/h2-5,7-9,11H,6H2,1H3. The zero-order valence-corrected chi connectivity index (χ0v) is 7.77. The van der Waals surface area contributed by atoms with Gasteiger partial charge in [-0.1, -0.05) is 30.4 Å². The van der Waals surface area contributed by atoms with Crippen molar-refractivity contribution < 1.29 is 0 Å². The number of hydrogen-bond donors (Lipinski definition) is 0. The summed E-state index contributed by atoms with van der Waals surface area (Å²) in [6.07, 6.45) is 13.6. The summed E-state index contributed by atoms with van der Waals surface area (Å²) in [5.41, 5.74) is 2.56. The third kappa shape index (κ3) is 1.86. The van der Waals surface area contributed by atoms with Crippen molar-refractivity contribution in [2.24, 2.45) is 0 Å². The summed E-state index contributed by atoms with van der Waals surface area (Å²) < 4.78 is 0. The van der Waals surface area contributed by atoms with Gasteiger partial charge in [-0.3, -0.25) is 4.98 Å². The second-order valence-electron chi connectivity index (χ2n) is 3.45. The lowest BCUT2D eigenvalue weighted by atomic mass is 9.93. The first kappa shape index (κ1) is 8.24. The highest BCUT2D eigenvalue weighted by Gasteiger charge is 2.07. The summed E-state index contributed by atoms with van der Waals surface area (Å²) in [6.45, 7) is 2.08. The molecule has 0 bridgehead atoms. The molecular weight excluding hydrogens is 158 g/mol. The lowest BCUT2D eigenvalue weighted by Crippen LogP contribution is -1.97. The first-order chi connectivity index (χ1) is 6.36. The van der Waals surface area contributed by atoms with Crippen LogP contribution < -0.4 is 0 Å². The fraction of sp³-hybridized carbons (Fsp3) is 0.250. The Balaban J connectivity index is 2.25. The van der Waals surface area contributed by atoms with Crippen molar-refractivity contribution in [2.45, 2.75) is 19.3 Å². The summed E-state index contributed by atoms with van der Waals surface area (Å²) in [7, 11) is 0. The number of rotatable bonds is 1. The molecule has 1 heterocycles. The number of aryl methyl sites for hydroxylation is 1. The molecule has 1 aromatic rings. The number of nitrogens with zero attached hydrogens (tertiary/aromatic N) is 1. The SMILES string of the molecule is Cc1cncc(C2C=CC=CC2)c1. The normalized spacial score (nSPS) is 20.5. The number of aromatic nitrogens is 1. The Labute approximate surface area is 78.8 Å². The third-order valence-electron chi connectivity index (χ3n) is 2.30. The Morgan fingerprint density at radius 1 is 1.31 bits per heavy atom. The van der Waals surface area contributed by atoms with Crippen LogP contribution in [0.4, 0.5) is 0 Å². The van der Waals surface area contributed by atoms with Crippen molar-refractivity contribution in [1.29, 1.82) is 0 Å². The molecule has 0 saturated heterocycles. The van der Waals surface area contributed by atoms with E-state index in [9.17, 15) is 0 Å². The van der Waals surface area contributed by atoms with Crippen LogP contribution in [0.1, 0.15) is 23.5 Å². The fourth-order valence-corrected chi connectivity index (χ4v) is 1.61. The van der Waals surface area contributed by atoms with E-state index in [1.54, 1.807) is 0 Å². The van der Waals surface area contributed by atoms with Crippen LogP contribution in [0.15, 0.2) is 42.8 Å². The molecule has 0 spiro atoms. The van der Waals surface area contributed by atoms with E-state index in [4.69, 9.17) is 0 Å². The minimum Gasteiger partial charge on any atom is -0.264 e. The van der Waals surface area contributed by atoms with Crippen molar-refractivity contribution in [2.75, 3.05) is 0 Å². The molecule has 2 rings (SSSR count). The number of hydrogen-bond acceptors (Lipinski definition) is 1. The first-order valence-corrected chi connectivity index (χ1v) is 4.61. The third-order valence-corrected chi connectivity index (χ3v) is 2.30. The summed E-state index contributed by atoms with van der Waals surface area (Å²) in [5.74, 6) is 0.525. The predicted octanol–water partition coefficient (Wildman–Crippen LogP) is 2.99. The molecule has 0 N–H and O–H groups in total. The van der Waals surface area contributed by atoms with Gasteiger partial charge in [0.1, 0.15) is 0 Å². The van der Waals surface area contributed by atoms with Crippen LogP contribution in [-0.4, -0.2) is 4.98 Å². The zero-order chi connectivity index (χ0) is 9.10. The molecule has 1 nitrogen and oxygen atoms in total. The minimum absolute atomic E-state index is 0.525. The zero-order valence-electron chi connectivity index (χ0n) is 7.77. The molecule has 0 saturated carbocycles. The van der Waals surface area contributed by atoms with E-state index in [2.05, 4.69) is 42.3 Å². The lowest BCUT2D eigenvalue weighted by molar-refractivity contribution is 0.844. The van der Waals surface area contributed by atoms with E-state index in [0.29, 0.717) is 5.92 Å². The van der Waals surface area contributed by atoms with E-state index < -0.39 is 0 Å². The highest BCUT2D eigenvalue weighted by atomic mass is 14.6. The van der Waals surface area contributed by atoms with Crippen molar-refractivity contribution >= 4 is 0 Å². The molecule has 1 unspecified atom stereocenters. The molecule has 0 fully saturated rings. The van der Waals surface area contributed by atoms with Gasteiger partial charge in [0.25, 0.3) is 0 Å². The van der Waals surface area contributed by atoms with E-state index >= 15 is 0 Å². The van der Waals surface area contributed by atoms with Gasteiger partial charge in [0.05, 0.1) is 0 Å². The van der Waals surface area contributed by atoms with Crippen LogP contribution in [-0.2, 0) is 0 Å². The van der Waals surface area contributed by atoms with E-state index in [1.165, 1.54) is 11.1 Å². The molecule has 0 aromatic carbocycles. The van der Waals surface area contributed by atoms with Gasteiger partial charge < -0.3 is 0 Å². The molecule has 66 valence electrons. The predicted molar refractivity (Wildman–Crippen MR) is 54.6 cm³/mol. The molecule has 1 aliphatic carbocycles. The van der Waals surface area contributed by atoms with E-state index in [0.717, 1.165) is 6.42 Å². The molecule has 1 atom stereocenters. The van der Waals surface area contributed by atoms with E-state index in [-0.39, 0.29) is 0 Å². The van der Waals surface area contributed by atoms with Gasteiger partial charge in [0.2, 0.25) is 0 Å². The Morgan fingerprint density at radius 3 is 2.92 bits per heavy atom. The van der Waals surface area contributed by atoms with Gasteiger partial charge in [-0.15, -0.1) is 0 Å². The molecule has 13 heavy (non-hydrogen) atoms. The minimum atomic E-state index is 0.525. The van der Waals surface area contributed by atoms with Gasteiger partial charge in [0.15, 0.2) is 0 Å². The van der Waals surface area contributed by atoms with Crippen molar-refractivity contribution in [3.8, 4) is 0 Å². The Morgan fingerprint density at radius 2 is 2.23 bits per heavy atom. The van der Waals surface area contributed by atoms with Gasteiger partial charge in [-0.25, -0.2) is 0 Å². The smallest absolute Gasteiger partial charge is 0.0306 e.